The Morgan fingerprint density at radius 1 is 1.36 bits per heavy atom. The maximum atomic E-state index is 10.8. The zero-order chi connectivity index (χ0) is 10.8. The molecule has 0 spiro atoms. The number of carbonyl (C=O) groups is 1. The fraction of sp³-hybridized carbons (Fsp3) is 0.417. The van der Waals surface area contributed by atoms with E-state index >= 15 is 0 Å². The maximum Gasteiger partial charge on any atom is 0.221 e. The van der Waals surface area contributed by atoms with Crippen LogP contribution in [0.3, 0.4) is 0 Å². The van der Waals surface area contributed by atoms with Crippen molar-refractivity contribution in [2.45, 2.75) is 32.6 Å². The zero-order valence-electron chi connectivity index (χ0n) is 9.00. The molecular formula is C12H17NO. The second-order valence-electron chi connectivity index (χ2n) is 4.59. The average Bonchev–Trinajstić information content (AvgIpc) is 2.01. The molecule has 1 rings (SSSR count). The van der Waals surface area contributed by atoms with Crippen molar-refractivity contribution in [1.29, 1.82) is 0 Å². The van der Waals surface area contributed by atoms with Crippen molar-refractivity contribution < 1.29 is 4.79 Å². The number of carbonyl (C=O) groups excluding carboxylic acids is 1. The minimum absolute atomic E-state index is 0.119. The molecule has 14 heavy (non-hydrogen) atoms. The molecule has 76 valence electrons. The van der Waals surface area contributed by atoms with Gasteiger partial charge in [0.1, 0.15) is 0 Å². The van der Waals surface area contributed by atoms with Gasteiger partial charge in [0.25, 0.3) is 0 Å². The normalized spacial score (nSPS) is 11.4. The summed E-state index contributed by atoms with van der Waals surface area (Å²) in [6.45, 7) is 6.45. The second kappa shape index (κ2) is 3.82. The number of nitrogens with two attached hydrogens (primary N) is 1. The molecule has 0 unspecified atom stereocenters. The van der Waals surface area contributed by atoms with E-state index in [4.69, 9.17) is 5.73 Å². The van der Waals surface area contributed by atoms with E-state index < -0.39 is 0 Å². The third kappa shape index (κ3) is 2.87. The first-order valence-corrected chi connectivity index (χ1v) is 4.77. The second-order valence-corrected chi connectivity index (χ2v) is 4.59. The number of rotatable bonds is 2. The van der Waals surface area contributed by atoms with Crippen LogP contribution in [-0.2, 0) is 16.6 Å². The summed E-state index contributed by atoms with van der Waals surface area (Å²) >= 11 is 0. The Morgan fingerprint density at radius 3 is 2.50 bits per heavy atom. The number of hydrogen-bond donors (Lipinski definition) is 1. The average molecular weight is 191 g/mol. The summed E-state index contributed by atoms with van der Waals surface area (Å²) in [5.41, 5.74) is 7.49. The Kier molecular flexibility index (Phi) is 2.94. The summed E-state index contributed by atoms with van der Waals surface area (Å²) < 4.78 is 0. The van der Waals surface area contributed by atoms with E-state index in [1.54, 1.807) is 0 Å². The van der Waals surface area contributed by atoms with Gasteiger partial charge in [-0.05, 0) is 16.5 Å². The van der Waals surface area contributed by atoms with Gasteiger partial charge in [0, 0.05) is 0 Å². The van der Waals surface area contributed by atoms with Crippen molar-refractivity contribution in [3.8, 4) is 0 Å². The van der Waals surface area contributed by atoms with Crippen LogP contribution in [0.1, 0.15) is 31.9 Å². The van der Waals surface area contributed by atoms with Gasteiger partial charge in [-0.15, -0.1) is 0 Å². The third-order valence-corrected chi connectivity index (χ3v) is 2.17. The fourth-order valence-corrected chi connectivity index (χ4v) is 1.35. The van der Waals surface area contributed by atoms with E-state index in [9.17, 15) is 4.79 Å². The molecule has 0 aromatic heterocycles. The third-order valence-electron chi connectivity index (χ3n) is 2.17. The molecule has 0 heterocycles. The molecule has 0 radical (unpaired) electrons. The van der Waals surface area contributed by atoms with Gasteiger partial charge in [-0.2, -0.15) is 0 Å². The van der Waals surface area contributed by atoms with Crippen LogP contribution >= 0.6 is 0 Å². The Morgan fingerprint density at radius 2 is 2.00 bits per heavy atom. The van der Waals surface area contributed by atoms with Crippen LogP contribution in [0.25, 0.3) is 0 Å². The molecule has 0 bridgehead atoms. The standard InChI is InChI=1S/C12H17NO/c1-12(2,3)10-6-4-5-9(7-10)8-11(13)14/h4-7H,8H2,1-3H3,(H2,13,14). The summed E-state index contributed by atoms with van der Waals surface area (Å²) in [4.78, 5) is 10.8. The van der Waals surface area contributed by atoms with Crippen molar-refractivity contribution >= 4 is 5.91 Å². The smallest absolute Gasteiger partial charge is 0.221 e. The highest BCUT2D eigenvalue weighted by atomic mass is 16.1. The highest BCUT2D eigenvalue weighted by Crippen LogP contribution is 2.22. The van der Waals surface area contributed by atoms with E-state index in [-0.39, 0.29) is 11.3 Å². The monoisotopic (exact) mass is 191 g/mol. The van der Waals surface area contributed by atoms with E-state index in [1.807, 2.05) is 18.2 Å². The van der Waals surface area contributed by atoms with Gasteiger partial charge in [-0.25, -0.2) is 0 Å². The number of hydrogen-bond acceptors (Lipinski definition) is 1. The first-order valence-electron chi connectivity index (χ1n) is 4.77. The lowest BCUT2D eigenvalue weighted by molar-refractivity contribution is -0.117. The molecule has 2 heteroatoms. The molecule has 2 nitrogen and oxygen atoms in total. The molecule has 0 aliphatic rings. The van der Waals surface area contributed by atoms with Crippen molar-refractivity contribution in [2.24, 2.45) is 5.73 Å². The van der Waals surface area contributed by atoms with Crippen LogP contribution in [0.5, 0.6) is 0 Å². The van der Waals surface area contributed by atoms with Gasteiger partial charge in [0.15, 0.2) is 0 Å². The lowest BCUT2D eigenvalue weighted by Gasteiger charge is -2.19. The Labute approximate surface area is 85.1 Å². The van der Waals surface area contributed by atoms with Crippen molar-refractivity contribution in [2.75, 3.05) is 0 Å². The summed E-state index contributed by atoms with van der Waals surface area (Å²) in [5.74, 6) is -0.281. The summed E-state index contributed by atoms with van der Waals surface area (Å²) in [5, 5.41) is 0. The van der Waals surface area contributed by atoms with Gasteiger partial charge in [0.05, 0.1) is 6.42 Å². The number of benzene rings is 1. The summed E-state index contributed by atoms with van der Waals surface area (Å²) in [6.07, 6.45) is 0.323. The molecule has 1 aromatic carbocycles. The molecule has 0 atom stereocenters. The van der Waals surface area contributed by atoms with Crippen LogP contribution in [0.15, 0.2) is 24.3 Å². The van der Waals surface area contributed by atoms with Crippen LogP contribution in [-0.4, -0.2) is 5.91 Å². The quantitative estimate of drug-likeness (QED) is 0.763. The van der Waals surface area contributed by atoms with E-state index in [0.717, 1.165) is 5.56 Å². The van der Waals surface area contributed by atoms with Gasteiger partial charge in [-0.3, -0.25) is 4.79 Å². The highest BCUT2D eigenvalue weighted by Gasteiger charge is 2.13. The van der Waals surface area contributed by atoms with Crippen LogP contribution in [0, 0.1) is 0 Å². The minimum atomic E-state index is -0.281. The largest absolute Gasteiger partial charge is 0.369 e. The lowest BCUT2D eigenvalue weighted by Crippen LogP contribution is -2.15. The number of primary amides is 1. The van der Waals surface area contributed by atoms with Crippen molar-refractivity contribution in [3.05, 3.63) is 35.4 Å². The minimum Gasteiger partial charge on any atom is -0.369 e. The highest BCUT2D eigenvalue weighted by molar-refractivity contribution is 5.76. The first kappa shape index (κ1) is 10.8. The van der Waals surface area contributed by atoms with E-state index in [2.05, 4.69) is 26.8 Å². The molecule has 1 aromatic rings. The van der Waals surface area contributed by atoms with Gasteiger partial charge < -0.3 is 5.73 Å². The number of amides is 1. The van der Waals surface area contributed by atoms with Crippen LogP contribution in [0.2, 0.25) is 0 Å². The van der Waals surface area contributed by atoms with Gasteiger partial charge >= 0.3 is 0 Å². The molecular weight excluding hydrogens is 174 g/mol. The Hall–Kier alpha value is -1.31. The predicted octanol–water partition coefficient (Wildman–Crippen LogP) is 2.01. The zero-order valence-corrected chi connectivity index (χ0v) is 9.00. The van der Waals surface area contributed by atoms with Gasteiger partial charge in [0.2, 0.25) is 5.91 Å². The van der Waals surface area contributed by atoms with Crippen molar-refractivity contribution in [1.82, 2.24) is 0 Å². The van der Waals surface area contributed by atoms with Gasteiger partial charge in [-0.1, -0.05) is 45.0 Å². The SMILES string of the molecule is CC(C)(C)c1cccc(CC(N)=O)c1. The van der Waals surface area contributed by atoms with Crippen LogP contribution in [0.4, 0.5) is 0 Å². The van der Waals surface area contributed by atoms with Crippen molar-refractivity contribution in [3.63, 3.8) is 0 Å². The first-order chi connectivity index (χ1) is 6.39. The molecule has 2 N–H and O–H groups in total. The lowest BCUT2D eigenvalue weighted by atomic mass is 9.86. The molecule has 0 aliphatic carbocycles. The Balaban J connectivity index is 2.95. The molecule has 0 aliphatic heterocycles. The molecule has 0 saturated carbocycles. The molecule has 1 amide bonds. The summed E-state index contributed by atoms with van der Waals surface area (Å²) in [6, 6.07) is 8.02. The van der Waals surface area contributed by atoms with E-state index in [1.165, 1.54) is 5.56 Å². The van der Waals surface area contributed by atoms with E-state index in [0.29, 0.717) is 6.42 Å². The van der Waals surface area contributed by atoms with Crippen LogP contribution < -0.4 is 5.73 Å². The maximum absolute atomic E-state index is 10.8. The topological polar surface area (TPSA) is 43.1 Å². The Bertz CT molecular complexity index is 336. The fourth-order valence-electron chi connectivity index (χ4n) is 1.35. The molecule has 0 fully saturated rings. The summed E-state index contributed by atoms with van der Waals surface area (Å²) in [7, 11) is 0. The molecule has 0 saturated heterocycles. The predicted molar refractivity (Wildman–Crippen MR) is 58.0 cm³/mol.